The molecule has 0 atom stereocenters. The highest BCUT2D eigenvalue weighted by atomic mass is 35.5. The summed E-state index contributed by atoms with van der Waals surface area (Å²) in [4.78, 5) is 6.70. The van der Waals surface area contributed by atoms with E-state index in [4.69, 9.17) is 28.9 Å². The van der Waals surface area contributed by atoms with E-state index < -0.39 is 0 Å². The SMILES string of the molecule is NCC1CCN(c2n[nH]c(-c3c(Cl)cccc3Cl)n2)CC1. The number of H-pyrrole nitrogens is 1. The first-order valence-electron chi connectivity index (χ1n) is 7.01. The predicted octanol–water partition coefficient (Wildman–Crippen LogP) is 2.95. The van der Waals surface area contributed by atoms with Gasteiger partial charge in [-0.25, -0.2) is 0 Å². The maximum Gasteiger partial charge on any atom is 0.245 e. The highest BCUT2D eigenvalue weighted by Crippen LogP contribution is 2.33. The fourth-order valence-electron chi connectivity index (χ4n) is 2.60. The summed E-state index contributed by atoms with van der Waals surface area (Å²) < 4.78 is 0. The molecule has 0 bridgehead atoms. The summed E-state index contributed by atoms with van der Waals surface area (Å²) >= 11 is 12.4. The van der Waals surface area contributed by atoms with Gasteiger partial charge in [-0.3, -0.25) is 5.10 Å². The van der Waals surface area contributed by atoms with Gasteiger partial charge in [0.1, 0.15) is 0 Å². The van der Waals surface area contributed by atoms with Crippen LogP contribution in [0.3, 0.4) is 0 Å². The van der Waals surface area contributed by atoms with Gasteiger partial charge < -0.3 is 10.6 Å². The Hall–Kier alpha value is -1.30. The number of rotatable bonds is 3. The van der Waals surface area contributed by atoms with Crippen LogP contribution in [0, 0.1) is 5.92 Å². The smallest absolute Gasteiger partial charge is 0.245 e. The number of aromatic amines is 1. The van der Waals surface area contributed by atoms with Crippen molar-refractivity contribution in [2.45, 2.75) is 12.8 Å². The maximum absolute atomic E-state index is 6.20. The molecule has 3 N–H and O–H groups in total. The molecule has 0 amide bonds. The summed E-state index contributed by atoms with van der Waals surface area (Å²) in [6.07, 6.45) is 2.15. The van der Waals surface area contributed by atoms with Gasteiger partial charge >= 0.3 is 0 Å². The molecule has 1 fully saturated rings. The van der Waals surface area contributed by atoms with Crippen LogP contribution in [0.15, 0.2) is 18.2 Å². The molecule has 0 saturated carbocycles. The Morgan fingerprint density at radius 2 is 1.90 bits per heavy atom. The van der Waals surface area contributed by atoms with Crippen molar-refractivity contribution in [2.24, 2.45) is 11.7 Å². The molecule has 1 aliphatic heterocycles. The highest BCUT2D eigenvalue weighted by molar-refractivity contribution is 6.38. The van der Waals surface area contributed by atoms with Gasteiger partial charge in [0.15, 0.2) is 5.82 Å². The van der Waals surface area contributed by atoms with Crippen molar-refractivity contribution in [1.29, 1.82) is 0 Å². The Labute approximate surface area is 133 Å². The Balaban J connectivity index is 1.81. The zero-order valence-electron chi connectivity index (χ0n) is 11.5. The number of aromatic nitrogens is 3. The largest absolute Gasteiger partial charge is 0.340 e. The standard InChI is InChI=1S/C14H17Cl2N5/c15-10-2-1-3-11(16)12(10)13-18-14(20-19-13)21-6-4-9(8-17)5-7-21/h1-3,9H,4-8,17H2,(H,18,19,20). The lowest BCUT2D eigenvalue weighted by Crippen LogP contribution is -2.36. The third-order valence-corrected chi connectivity index (χ3v) is 4.53. The van der Waals surface area contributed by atoms with Gasteiger partial charge in [-0.1, -0.05) is 29.3 Å². The van der Waals surface area contributed by atoms with Crippen molar-refractivity contribution in [2.75, 3.05) is 24.5 Å². The summed E-state index contributed by atoms with van der Waals surface area (Å²) in [6.45, 7) is 2.60. The van der Waals surface area contributed by atoms with E-state index in [1.807, 2.05) is 6.07 Å². The molecule has 112 valence electrons. The van der Waals surface area contributed by atoms with E-state index >= 15 is 0 Å². The molecule has 0 radical (unpaired) electrons. The van der Waals surface area contributed by atoms with Gasteiger partial charge in [0, 0.05) is 13.1 Å². The van der Waals surface area contributed by atoms with E-state index in [-0.39, 0.29) is 0 Å². The second kappa shape index (κ2) is 6.22. The van der Waals surface area contributed by atoms with Crippen LogP contribution in [0.2, 0.25) is 10.0 Å². The fourth-order valence-corrected chi connectivity index (χ4v) is 3.18. The van der Waals surface area contributed by atoms with Gasteiger partial charge in [0.2, 0.25) is 5.95 Å². The Morgan fingerprint density at radius 3 is 2.52 bits per heavy atom. The van der Waals surface area contributed by atoms with Crippen LogP contribution >= 0.6 is 23.2 Å². The van der Waals surface area contributed by atoms with Crippen LogP contribution in [0.5, 0.6) is 0 Å². The first-order chi connectivity index (χ1) is 10.2. The number of anilines is 1. The van der Waals surface area contributed by atoms with Crippen molar-refractivity contribution in [1.82, 2.24) is 15.2 Å². The lowest BCUT2D eigenvalue weighted by atomic mass is 9.97. The molecular formula is C14H17Cl2N5. The molecule has 21 heavy (non-hydrogen) atoms. The predicted molar refractivity (Wildman–Crippen MR) is 85.8 cm³/mol. The molecule has 2 heterocycles. The van der Waals surface area contributed by atoms with Crippen molar-refractivity contribution in [3.8, 4) is 11.4 Å². The average molecular weight is 326 g/mol. The van der Waals surface area contributed by atoms with Crippen LogP contribution in [0.4, 0.5) is 5.95 Å². The first-order valence-corrected chi connectivity index (χ1v) is 7.76. The lowest BCUT2D eigenvalue weighted by molar-refractivity contribution is 0.411. The molecule has 0 spiro atoms. The highest BCUT2D eigenvalue weighted by Gasteiger charge is 2.22. The van der Waals surface area contributed by atoms with E-state index in [0.717, 1.165) is 32.5 Å². The van der Waals surface area contributed by atoms with E-state index in [1.54, 1.807) is 12.1 Å². The third-order valence-electron chi connectivity index (χ3n) is 3.90. The van der Waals surface area contributed by atoms with E-state index in [9.17, 15) is 0 Å². The molecule has 1 saturated heterocycles. The number of benzene rings is 1. The summed E-state index contributed by atoms with van der Waals surface area (Å²) in [5.74, 6) is 1.90. The van der Waals surface area contributed by atoms with E-state index in [0.29, 0.717) is 33.3 Å². The Kier molecular flexibility index (Phi) is 4.33. The zero-order valence-corrected chi connectivity index (χ0v) is 13.0. The molecule has 1 aromatic carbocycles. The second-order valence-electron chi connectivity index (χ2n) is 5.25. The van der Waals surface area contributed by atoms with Crippen molar-refractivity contribution in [3.63, 3.8) is 0 Å². The normalized spacial score (nSPS) is 16.4. The van der Waals surface area contributed by atoms with Gasteiger partial charge in [-0.05, 0) is 37.4 Å². The minimum absolute atomic E-state index is 0.562. The molecule has 1 aliphatic rings. The molecular weight excluding hydrogens is 309 g/mol. The third kappa shape index (κ3) is 3.00. The molecule has 0 aliphatic carbocycles. The minimum Gasteiger partial charge on any atom is -0.340 e. The molecule has 0 unspecified atom stereocenters. The van der Waals surface area contributed by atoms with Crippen molar-refractivity contribution in [3.05, 3.63) is 28.2 Å². The quantitative estimate of drug-likeness (QED) is 0.910. The number of nitrogens with zero attached hydrogens (tertiary/aromatic N) is 3. The number of hydrogen-bond acceptors (Lipinski definition) is 4. The maximum atomic E-state index is 6.20. The van der Waals surface area contributed by atoms with E-state index in [2.05, 4.69) is 20.1 Å². The minimum atomic E-state index is 0.562. The van der Waals surface area contributed by atoms with Gasteiger partial charge in [-0.2, -0.15) is 4.98 Å². The molecule has 1 aromatic heterocycles. The van der Waals surface area contributed by atoms with Crippen LogP contribution in [-0.2, 0) is 0 Å². The number of hydrogen-bond donors (Lipinski definition) is 2. The summed E-state index contributed by atoms with van der Waals surface area (Å²) in [5.41, 5.74) is 6.41. The monoisotopic (exact) mass is 325 g/mol. The molecule has 2 aromatic rings. The van der Waals surface area contributed by atoms with E-state index in [1.165, 1.54) is 0 Å². The van der Waals surface area contributed by atoms with Crippen molar-refractivity contribution < 1.29 is 0 Å². The molecule has 7 heteroatoms. The number of nitrogens with one attached hydrogen (secondary N) is 1. The summed E-state index contributed by atoms with van der Waals surface area (Å²) in [5, 5.41) is 8.34. The number of nitrogens with two attached hydrogens (primary N) is 1. The fraction of sp³-hybridized carbons (Fsp3) is 0.429. The Morgan fingerprint density at radius 1 is 1.24 bits per heavy atom. The lowest BCUT2D eigenvalue weighted by Gasteiger charge is -2.30. The average Bonchev–Trinajstić information content (AvgIpc) is 2.97. The summed E-state index contributed by atoms with van der Waals surface area (Å²) in [6, 6.07) is 5.39. The van der Waals surface area contributed by atoms with Gasteiger partial charge in [0.05, 0.1) is 15.6 Å². The second-order valence-corrected chi connectivity index (χ2v) is 6.06. The van der Waals surface area contributed by atoms with Crippen LogP contribution in [0.25, 0.3) is 11.4 Å². The van der Waals surface area contributed by atoms with Gasteiger partial charge in [0.25, 0.3) is 0 Å². The molecule has 3 rings (SSSR count). The first kappa shape index (κ1) is 14.6. The number of piperidine rings is 1. The molecule has 5 nitrogen and oxygen atoms in total. The van der Waals surface area contributed by atoms with Crippen LogP contribution < -0.4 is 10.6 Å². The van der Waals surface area contributed by atoms with Gasteiger partial charge in [-0.15, -0.1) is 5.10 Å². The zero-order chi connectivity index (χ0) is 14.8. The summed E-state index contributed by atoms with van der Waals surface area (Å²) in [7, 11) is 0. The van der Waals surface area contributed by atoms with Crippen LogP contribution in [-0.4, -0.2) is 34.8 Å². The topological polar surface area (TPSA) is 70.8 Å². The number of halogens is 2. The van der Waals surface area contributed by atoms with Crippen molar-refractivity contribution >= 4 is 29.2 Å². The van der Waals surface area contributed by atoms with Crippen LogP contribution in [0.1, 0.15) is 12.8 Å². The Bertz CT molecular complexity index is 599.